The van der Waals surface area contributed by atoms with Gasteiger partial charge in [-0.3, -0.25) is 0 Å². The van der Waals surface area contributed by atoms with E-state index in [1.165, 1.54) is 12.8 Å². The summed E-state index contributed by atoms with van der Waals surface area (Å²) in [7, 11) is 1.78. The van der Waals surface area contributed by atoms with Crippen molar-refractivity contribution in [2.24, 2.45) is 5.92 Å². The summed E-state index contributed by atoms with van der Waals surface area (Å²) in [6, 6.07) is 1.03. The van der Waals surface area contributed by atoms with Gasteiger partial charge in [-0.25, -0.2) is 0 Å². The Balaban J connectivity index is 2.37. The molecule has 0 aromatic carbocycles. The van der Waals surface area contributed by atoms with E-state index in [2.05, 4.69) is 26.1 Å². The Morgan fingerprint density at radius 3 is 2.35 bits per heavy atom. The van der Waals surface area contributed by atoms with Gasteiger partial charge in [-0.15, -0.1) is 0 Å². The van der Waals surface area contributed by atoms with Crippen molar-refractivity contribution < 1.29 is 9.47 Å². The van der Waals surface area contributed by atoms with Crippen LogP contribution in [0.5, 0.6) is 0 Å². The molecule has 4 atom stereocenters. The summed E-state index contributed by atoms with van der Waals surface area (Å²) < 4.78 is 11.2. The van der Waals surface area contributed by atoms with Crippen LogP contribution in [0.25, 0.3) is 0 Å². The Hall–Kier alpha value is -0.120. The third kappa shape index (κ3) is 3.67. The average molecular weight is 243 g/mol. The fourth-order valence-corrected chi connectivity index (χ4v) is 2.91. The van der Waals surface area contributed by atoms with Gasteiger partial charge in [-0.1, -0.05) is 26.7 Å². The molecule has 0 bridgehead atoms. The van der Waals surface area contributed by atoms with E-state index in [4.69, 9.17) is 9.47 Å². The summed E-state index contributed by atoms with van der Waals surface area (Å²) in [6.45, 7) is 9.64. The van der Waals surface area contributed by atoms with Crippen LogP contribution in [0.3, 0.4) is 0 Å². The van der Waals surface area contributed by atoms with Crippen LogP contribution in [-0.2, 0) is 9.47 Å². The second-order valence-electron chi connectivity index (χ2n) is 5.07. The molecule has 1 aliphatic rings. The first-order valence-electron chi connectivity index (χ1n) is 7.08. The van der Waals surface area contributed by atoms with Crippen LogP contribution >= 0.6 is 0 Å². The molecule has 1 rings (SSSR count). The van der Waals surface area contributed by atoms with E-state index in [1.807, 2.05) is 6.92 Å². The molecule has 0 heterocycles. The first-order chi connectivity index (χ1) is 8.17. The van der Waals surface area contributed by atoms with Crippen LogP contribution < -0.4 is 5.32 Å². The quantitative estimate of drug-likeness (QED) is 0.711. The second kappa shape index (κ2) is 7.34. The lowest BCUT2D eigenvalue weighted by atomic mass is 9.83. The zero-order valence-corrected chi connectivity index (χ0v) is 12.0. The van der Waals surface area contributed by atoms with Gasteiger partial charge in [0.15, 0.2) is 0 Å². The summed E-state index contributed by atoms with van der Waals surface area (Å²) in [6.07, 6.45) is 4.08. The molecule has 0 aromatic heterocycles. The van der Waals surface area contributed by atoms with Gasteiger partial charge in [-0.05, 0) is 26.2 Å². The van der Waals surface area contributed by atoms with Gasteiger partial charge in [0.05, 0.1) is 12.2 Å². The predicted molar refractivity (Wildman–Crippen MR) is 71.3 cm³/mol. The summed E-state index contributed by atoms with van der Waals surface area (Å²) in [4.78, 5) is 0. The van der Waals surface area contributed by atoms with E-state index < -0.39 is 0 Å². The Morgan fingerprint density at radius 1 is 1.24 bits per heavy atom. The first kappa shape index (κ1) is 14.9. The van der Waals surface area contributed by atoms with Gasteiger partial charge in [0.1, 0.15) is 0 Å². The maximum atomic E-state index is 5.64. The fraction of sp³-hybridized carbons (Fsp3) is 1.00. The SMILES string of the molecule is CCOC1CC(NC(C)C(CC)CC)C1OC. The molecule has 0 spiro atoms. The van der Waals surface area contributed by atoms with Crippen molar-refractivity contribution in [3.8, 4) is 0 Å². The van der Waals surface area contributed by atoms with Crippen molar-refractivity contribution in [2.75, 3.05) is 13.7 Å². The molecular formula is C14H29NO2. The summed E-state index contributed by atoms with van der Waals surface area (Å²) >= 11 is 0. The molecule has 3 heteroatoms. The number of ether oxygens (including phenoxy) is 2. The highest BCUT2D eigenvalue weighted by Gasteiger charge is 2.42. The highest BCUT2D eigenvalue weighted by molar-refractivity contribution is 4.98. The molecule has 1 saturated carbocycles. The second-order valence-corrected chi connectivity index (χ2v) is 5.07. The van der Waals surface area contributed by atoms with Gasteiger partial charge >= 0.3 is 0 Å². The lowest BCUT2D eigenvalue weighted by Gasteiger charge is -2.45. The van der Waals surface area contributed by atoms with E-state index >= 15 is 0 Å². The van der Waals surface area contributed by atoms with E-state index in [1.54, 1.807) is 7.11 Å². The van der Waals surface area contributed by atoms with Crippen LogP contribution in [0.15, 0.2) is 0 Å². The maximum Gasteiger partial charge on any atom is 0.0986 e. The van der Waals surface area contributed by atoms with Crippen LogP contribution in [0.1, 0.15) is 47.0 Å². The molecule has 3 nitrogen and oxygen atoms in total. The van der Waals surface area contributed by atoms with Gasteiger partial charge in [0, 0.05) is 25.8 Å². The van der Waals surface area contributed by atoms with E-state index in [9.17, 15) is 0 Å². The van der Waals surface area contributed by atoms with Crippen molar-refractivity contribution in [1.82, 2.24) is 5.32 Å². The van der Waals surface area contributed by atoms with Crippen LogP contribution in [-0.4, -0.2) is 38.0 Å². The molecular weight excluding hydrogens is 214 g/mol. The Bertz CT molecular complexity index is 206. The van der Waals surface area contributed by atoms with E-state index in [-0.39, 0.29) is 12.2 Å². The molecule has 1 N–H and O–H groups in total. The molecule has 0 radical (unpaired) electrons. The minimum atomic E-state index is 0.228. The molecule has 102 valence electrons. The number of rotatable bonds is 8. The monoisotopic (exact) mass is 243 g/mol. The molecule has 0 amide bonds. The third-order valence-electron chi connectivity index (χ3n) is 4.13. The van der Waals surface area contributed by atoms with Crippen molar-refractivity contribution in [1.29, 1.82) is 0 Å². The number of hydrogen-bond acceptors (Lipinski definition) is 3. The zero-order chi connectivity index (χ0) is 12.8. The third-order valence-corrected chi connectivity index (χ3v) is 4.13. The zero-order valence-electron chi connectivity index (χ0n) is 12.0. The largest absolute Gasteiger partial charge is 0.377 e. The lowest BCUT2D eigenvalue weighted by Crippen LogP contribution is -2.62. The van der Waals surface area contributed by atoms with Crippen molar-refractivity contribution >= 4 is 0 Å². The van der Waals surface area contributed by atoms with Crippen LogP contribution in [0, 0.1) is 5.92 Å². The summed E-state index contributed by atoms with van der Waals surface area (Å²) in [5.74, 6) is 0.763. The summed E-state index contributed by atoms with van der Waals surface area (Å²) in [5, 5.41) is 3.70. The Morgan fingerprint density at radius 2 is 1.88 bits per heavy atom. The standard InChI is InChI=1S/C14H29NO2/c1-6-11(7-2)10(4)15-12-9-13(17-8-3)14(12)16-5/h10-15H,6-9H2,1-5H3. The highest BCUT2D eigenvalue weighted by atomic mass is 16.5. The van der Waals surface area contributed by atoms with Crippen molar-refractivity contribution in [3.05, 3.63) is 0 Å². The van der Waals surface area contributed by atoms with E-state index in [0.29, 0.717) is 12.1 Å². The average Bonchev–Trinajstić information content (AvgIpc) is 2.29. The number of nitrogens with one attached hydrogen (secondary N) is 1. The Labute approximate surface area is 106 Å². The lowest BCUT2D eigenvalue weighted by molar-refractivity contribution is -0.133. The van der Waals surface area contributed by atoms with Crippen molar-refractivity contribution in [2.45, 2.75) is 71.2 Å². The molecule has 1 aliphatic carbocycles. The van der Waals surface area contributed by atoms with Crippen molar-refractivity contribution in [3.63, 3.8) is 0 Å². The molecule has 17 heavy (non-hydrogen) atoms. The highest BCUT2D eigenvalue weighted by Crippen LogP contribution is 2.28. The maximum absolute atomic E-state index is 5.64. The minimum absolute atomic E-state index is 0.228. The molecule has 0 saturated heterocycles. The minimum Gasteiger partial charge on any atom is -0.377 e. The van der Waals surface area contributed by atoms with Gasteiger partial charge in [-0.2, -0.15) is 0 Å². The molecule has 4 unspecified atom stereocenters. The molecule has 0 aliphatic heterocycles. The topological polar surface area (TPSA) is 30.5 Å². The van der Waals surface area contributed by atoms with Gasteiger partial charge in [0.2, 0.25) is 0 Å². The molecule has 0 aromatic rings. The smallest absolute Gasteiger partial charge is 0.0986 e. The van der Waals surface area contributed by atoms with Gasteiger partial charge < -0.3 is 14.8 Å². The number of methoxy groups -OCH3 is 1. The molecule has 1 fully saturated rings. The van der Waals surface area contributed by atoms with Crippen LogP contribution in [0.4, 0.5) is 0 Å². The van der Waals surface area contributed by atoms with Gasteiger partial charge in [0.25, 0.3) is 0 Å². The first-order valence-corrected chi connectivity index (χ1v) is 7.08. The normalized spacial score (nSPS) is 30.4. The van der Waals surface area contributed by atoms with E-state index in [0.717, 1.165) is 18.9 Å². The number of hydrogen-bond donors (Lipinski definition) is 1. The Kier molecular flexibility index (Phi) is 6.45. The summed E-state index contributed by atoms with van der Waals surface area (Å²) in [5.41, 5.74) is 0. The predicted octanol–water partition coefficient (Wildman–Crippen LogP) is 2.59. The van der Waals surface area contributed by atoms with Crippen LogP contribution in [0.2, 0.25) is 0 Å². The fourth-order valence-electron chi connectivity index (χ4n) is 2.91.